The molecule has 1 unspecified atom stereocenters. The fourth-order valence-electron chi connectivity index (χ4n) is 2.21. The molecule has 2 rings (SSSR count). The number of carboxylic acids is 1. The molecule has 2 N–H and O–H groups in total. The first-order valence-corrected chi connectivity index (χ1v) is 7.14. The number of hydrogen-bond acceptors (Lipinski definition) is 4. The highest BCUT2D eigenvalue weighted by Gasteiger charge is 2.38. The number of urea groups is 1. The molecule has 18 heavy (non-hydrogen) atoms. The van der Waals surface area contributed by atoms with Crippen molar-refractivity contribution in [2.75, 3.05) is 24.8 Å². The second kappa shape index (κ2) is 5.36. The van der Waals surface area contributed by atoms with Gasteiger partial charge in [0, 0.05) is 12.4 Å². The molecule has 0 saturated carbocycles. The molecule has 2 atom stereocenters. The quantitative estimate of drug-likeness (QED) is 0.776. The van der Waals surface area contributed by atoms with Crippen molar-refractivity contribution in [3.63, 3.8) is 0 Å². The molecule has 0 spiro atoms. The lowest BCUT2D eigenvalue weighted by molar-refractivity contribution is -0.140. The molecule has 0 aliphatic carbocycles. The molecule has 7 heteroatoms. The summed E-state index contributed by atoms with van der Waals surface area (Å²) in [6, 6.07) is -1.02. The Bertz CT molecular complexity index is 344. The van der Waals surface area contributed by atoms with Gasteiger partial charge in [-0.1, -0.05) is 0 Å². The van der Waals surface area contributed by atoms with Crippen LogP contribution in [-0.4, -0.2) is 58.4 Å². The molecule has 2 amide bonds. The molecule has 0 aromatic carbocycles. The Morgan fingerprint density at radius 1 is 1.56 bits per heavy atom. The first kappa shape index (κ1) is 13.5. The summed E-state index contributed by atoms with van der Waals surface area (Å²) in [7, 11) is 0. The molecule has 102 valence electrons. The molecular formula is C11H18N2O4S. The van der Waals surface area contributed by atoms with E-state index in [2.05, 4.69) is 5.32 Å². The van der Waals surface area contributed by atoms with Crippen LogP contribution in [0.1, 0.15) is 19.8 Å². The maximum absolute atomic E-state index is 12.1. The van der Waals surface area contributed by atoms with Crippen LogP contribution >= 0.6 is 11.8 Å². The predicted molar refractivity (Wildman–Crippen MR) is 67.6 cm³/mol. The summed E-state index contributed by atoms with van der Waals surface area (Å²) in [5.41, 5.74) is -0.383. The van der Waals surface area contributed by atoms with Crippen molar-refractivity contribution in [1.29, 1.82) is 0 Å². The van der Waals surface area contributed by atoms with Crippen LogP contribution in [0.15, 0.2) is 0 Å². The average molecular weight is 274 g/mol. The zero-order valence-corrected chi connectivity index (χ0v) is 11.2. The van der Waals surface area contributed by atoms with E-state index in [1.54, 1.807) is 0 Å². The lowest BCUT2D eigenvalue weighted by Crippen LogP contribution is -2.57. The number of nitrogens with one attached hydrogen (secondary N) is 1. The zero-order chi connectivity index (χ0) is 13.2. The number of carbonyl (C=O) groups excluding carboxylic acids is 1. The largest absolute Gasteiger partial charge is 0.480 e. The van der Waals surface area contributed by atoms with Gasteiger partial charge >= 0.3 is 12.0 Å². The van der Waals surface area contributed by atoms with Gasteiger partial charge in [-0.2, -0.15) is 0 Å². The Kier molecular flexibility index (Phi) is 4.01. The van der Waals surface area contributed by atoms with Crippen LogP contribution in [0.2, 0.25) is 0 Å². The van der Waals surface area contributed by atoms with E-state index >= 15 is 0 Å². The maximum Gasteiger partial charge on any atom is 0.327 e. The van der Waals surface area contributed by atoms with Gasteiger partial charge in [0.25, 0.3) is 0 Å². The smallest absolute Gasteiger partial charge is 0.327 e. The van der Waals surface area contributed by atoms with Crippen molar-refractivity contribution >= 4 is 23.8 Å². The molecule has 2 aliphatic heterocycles. The first-order chi connectivity index (χ1) is 8.52. The monoisotopic (exact) mass is 274 g/mol. The fraction of sp³-hybridized carbons (Fsp3) is 0.818. The van der Waals surface area contributed by atoms with Crippen molar-refractivity contribution in [3.05, 3.63) is 0 Å². The van der Waals surface area contributed by atoms with E-state index in [4.69, 9.17) is 9.84 Å². The third kappa shape index (κ3) is 2.89. The normalized spacial score (nSPS) is 32.3. The molecule has 6 nitrogen and oxygen atoms in total. The number of rotatable bonds is 2. The summed E-state index contributed by atoms with van der Waals surface area (Å²) in [6.45, 7) is 3.14. The van der Waals surface area contributed by atoms with E-state index < -0.39 is 12.0 Å². The summed E-state index contributed by atoms with van der Waals surface area (Å²) < 4.78 is 5.37. The Balaban J connectivity index is 1.96. The fourth-order valence-corrected chi connectivity index (χ4v) is 3.36. The molecule has 0 bridgehead atoms. The number of ether oxygens (including phenoxy) is 1. The number of hydrogen-bond donors (Lipinski definition) is 2. The average Bonchev–Trinajstić information content (AvgIpc) is 2.78. The molecule has 2 fully saturated rings. The highest BCUT2D eigenvalue weighted by atomic mass is 32.2. The lowest BCUT2D eigenvalue weighted by Gasteiger charge is -2.36. The number of nitrogens with zero attached hydrogens (tertiary/aromatic N) is 1. The highest BCUT2D eigenvalue weighted by molar-refractivity contribution is 7.99. The highest BCUT2D eigenvalue weighted by Crippen LogP contribution is 2.23. The predicted octanol–water partition coefficient (Wildman–Crippen LogP) is 0.725. The third-order valence-corrected chi connectivity index (χ3v) is 4.29. The number of thioether (sulfide) groups is 1. The number of carboxylic acid groups (broad SMARTS) is 1. The summed E-state index contributed by atoms with van der Waals surface area (Å²) >= 11 is 1.46. The Hall–Kier alpha value is -0.950. The van der Waals surface area contributed by atoms with Crippen molar-refractivity contribution in [2.24, 2.45) is 0 Å². The first-order valence-electron chi connectivity index (χ1n) is 5.99. The lowest BCUT2D eigenvalue weighted by atomic mass is 9.95. The molecule has 0 aromatic heterocycles. The minimum absolute atomic E-state index is 0.305. The van der Waals surface area contributed by atoms with Gasteiger partial charge in [-0.25, -0.2) is 9.59 Å². The minimum Gasteiger partial charge on any atom is -0.480 e. The second-order valence-corrected chi connectivity index (χ2v) is 5.97. The molecule has 0 aromatic rings. The minimum atomic E-state index is -0.944. The summed E-state index contributed by atoms with van der Waals surface area (Å²) in [4.78, 5) is 24.5. The Morgan fingerprint density at radius 3 is 2.94 bits per heavy atom. The number of carbonyl (C=O) groups is 2. The van der Waals surface area contributed by atoms with Gasteiger partial charge in [-0.15, -0.1) is 11.8 Å². The standard InChI is InChI=1S/C11H18N2O4S/c1-11(3-2-4-17-6-11)12-10(16)13-7-18-5-8(13)9(14)15/h8H,2-7H2,1H3,(H,12,16)(H,14,15)/t8-,11?/m0/s1. The van der Waals surface area contributed by atoms with E-state index in [-0.39, 0.29) is 11.6 Å². The van der Waals surface area contributed by atoms with Crippen LogP contribution in [0, 0.1) is 0 Å². The molecule has 2 saturated heterocycles. The maximum atomic E-state index is 12.1. The summed E-state index contributed by atoms with van der Waals surface area (Å²) in [6.07, 6.45) is 1.77. The van der Waals surface area contributed by atoms with Gasteiger partial charge in [-0.3, -0.25) is 0 Å². The topological polar surface area (TPSA) is 78.9 Å². The van der Waals surface area contributed by atoms with Gasteiger partial charge in [0.05, 0.1) is 18.0 Å². The van der Waals surface area contributed by atoms with Gasteiger partial charge in [0.2, 0.25) is 0 Å². The zero-order valence-electron chi connectivity index (χ0n) is 10.3. The van der Waals surface area contributed by atoms with Gasteiger partial charge < -0.3 is 20.1 Å². The number of amides is 2. The van der Waals surface area contributed by atoms with Crippen LogP contribution in [0.3, 0.4) is 0 Å². The van der Waals surface area contributed by atoms with Crippen LogP contribution in [0.5, 0.6) is 0 Å². The van der Waals surface area contributed by atoms with Crippen molar-refractivity contribution < 1.29 is 19.4 Å². The van der Waals surface area contributed by atoms with Crippen molar-refractivity contribution in [1.82, 2.24) is 10.2 Å². The molecule has 2 aliphatic rings. The van der Waals surface area contributed by atoms with E-state index in [1.807, 2.05) is 6.92 Å². The summed E-state index contributed by atoms with van der Waals surface area (Å²) in [5, 5.41) is 12.0. The van der Waals surface area contributed by atoms with Gasteiger partial charge in [-0.05, 0) is 19.8 Å². The van der Waals surface area contributed by atoms with Crippen LogP contribution in [-0.2, 0) is 9.53 Å². The SMILES string of the molecule is CC1(NC(=O)N2CSC[C@H]2C(=O)O)CCCOC1. The number of aliphatic carboxylic acids is 1. The molecule has 2 heterocycles. The van der Waals surface area contributed by atoms with Crippen LogP contribution < -0.4 is 5.32 Å². The van der Waals surface area contributed by atoms with Crippen molar-refractivity contribution in [3.8, 4) is 0 Å². The van der Waals surface area contributed by atoms with Gasteiger partial charge in [0.15, 0.2) is 0 Å². The van der Waals surface area contributed by atoms with Crippen LogP contribution in [0.25, 0.3) is 0 Å². The Labute approximate surface area is 110 Å². The summed E-state index contributed by atoms with van der Waals surface area (Å²) in [5.74, 6) is -0.0596. The van der Waals surface area contributed by atoms with E-state index in [0.29, 0.717) is 18.2 Å². The van der Waals surface area contributed by atoms with E-state index in [9.17, 15) is 9.59 Å². The van der Waals surface area contributed by atoms with Gasteiger partial charge in [0.1, 0.15) is 6.04 Å². The van der Waals surface area contributed by atoms with Crippen LogP contribution in [0.4, 0.5) is 4.79 Å². The van der Waals surface area contributed by atoms with Crippen molar-refractivity contribution in [2.45, 2.75) is 31.3 Å². The second-order valence-electron chi connectivity index (χ2n) is 4.97. The van der Waals surface area contributed by atoms with E-state index in [0.717, 1.165) is 19.4 Å². The third-order valence-electron chi connectivity index (χ3n) is 3.27. The molecule has 0 radical (unpaired) electrons. The van der Waals surface area contributed by atoms with E-state index in [1.165, 1.54) is 16.7 Å². The molecular weight excluding hydrogens is 256 g/mol. The Morgan fingerprint density at radius 2 is 2.33 bits per heavy atom.